The molecule has 2 aliphatic heterocycles. The number of amides is 2. The van der Waals surface area contributed by atoms with Gasteiger partial charge in [-0.2, -0.15) is 0 Å². The molecule has 17 nitrogen and oxygen atoms in total. The quantitative estimate of drug-likeness (QED) is 0.0252. The number of ether oxygens (including phenoxy) is 9. The van der Waals surface area contributed by atoms with Crippen molar-refractivity contribution in [2.45, 2.75) is 251 Å². The first-order valence-electron chi connectivity index (χ1n) is 30.8. The van der Waals surface area contributed by atoms with E-state index in [0.717, 1.165) is 51.4 Å². The van der Waals surface area contributed by atoms with Gasteiger partial charge in [-0.3, -0.25) is 28.9 Å². The lowest BCUT2D eigenvalue weighted by Gasteiger charge is -2.44. The summed E-state index contributed by atoms with van der Waals surface area (Å²) in [7, 11) is 1.94. The van der Waals surface area contributed by atoms with Gasteiger partial charge in [0.1, 0.15) is 18.8 Å². The molecule has 2 heterocycles. The number of rotatable bonds is 49. The average Bonchev–Trinajstić information content (AvgIpc) is 3.86. The molecule has 0 spiro atoms. The molecule has 460 valence electrons. The van der Waals surface area contributed by atoms with Crippen molar-refractivity contribution in [1.82, 2.24) is 15.5 Å². The number of likely N-dealkylation sites (N-methyl/N-ethyl adjacent to an activating group) is 1. The summed E-state index contributed by atoms with van der Waals surface area (Å²) in [5.41, 5.74) is 0. The Hall–Kier alpha value is -3.97. The lowest BCUT2D eigenvalue weighted by atomic mass is 9.96. The van der Waals surface area contributed by atoms with Crippen molar-refractivity contribution >= 4 is 29.7 Å². The van der Waals surface area contributed by atoms with E-state index in [9.17, 15) is 24.0 Å². The van der Waals surface area contributed by atoms with E-state index in [1.807, 2.05) is 11.9 Å². The molecule has 0 aromatic carbocycles. The van der Waals surface area contributed by atoms with Crippen LogP contribution in [0.3, 0.4) is 0 Å². The topological polar surface area (TPSA) is 196 Å². The number of esters is 3. The van der Waals surface area contributed by atoms with E-state index in [-0.39, 0.29) is 51.6 Å². The molecule has 0 bridgehead atoms. The molecule has 6 atom stereocenters. The Morgan fingerprint density at radius 3 is 1.59 bits per heavy atom. The molecule has 0 aromatic rings. The number of nitrogens with zero attached hydrogens (tertiary/aromatic N) is 1. The van der Waals surface area contributed by atoms with E-state index >= 15 is 0 Å². The number of carbonyl (C=O) groups excluding carboxylic acids is 5. The minimum Gasteiger partial charge on any atom is -0.463 e. The number of carbonyl (C=O) groups is 5. The third kappa shape index (κ3) is 37.2. The number of nitrogens with one attached hydrogen (secondary N) is 2. The van der Waals surface area contributed by atoms with Crippen LogP contribution in [-0.4, -0.2) is 150 Å². The van der Waals surface area contributed by atoms with Gasteiger partial charge in [0.05, 0.1) is 52.3 Å². The maximum absolute atomic E-state index is 12.9. The van der Waals surface area contributed by atoms with Gasteiger partial charge in [-0.25, -0.2) is 0 Å². The molecule has 2 fully saturated rings. The van der Waals surface area contributed by atoms with E-state index in [1.54, 1.807) is 0 Å². The van der Waals surface area contributed by atoms with Crippen molar-refractivity contribution in [3.05, 3.63) is 48.6 Å². The molecular weight excluding hydrogens is 1020 g/mol. The second-order valence-corrected chi connectivity index (χ2v) is 21.5. The molecule has 2 rings (SSSR count). The zero-order valence-electron chi connectivity index (χ0n) is 50.7. The van der Waals surface area contributed by atoms with Crippen LogP contribution in [0.4, 0.5) is 0 Å². The number of hydrogen-bond acceptors (Lipinski definition) is 15. The second kappa shape index (κ2) is 47.5. The summed E-state index contributed by atoms with van der Waals surface area (Å²) in [4.78, 5) is 62.8. The lowest BCUT2D eigenvalue weighted by Crippen LogP contribution is -2.66. The molecular formula is C63H109N3O14. The van der Waals surface area contributed by atoms with Crippen molar-refractivity contribution < 1.29 is 66.6 Å². The first-order chi connectivity index (χ1) is 38.8. The van der Waals surface area contributed by atoms with Crippen LogP contribution in [0.2, 0.25) is 0 Å². The van der Waals surface area contributed by atoms with Crippen molar-refractivity contribution in [2.24, 2.45) is 0 Å². The molecule has 80 heavy (non-hydrogen) atoms. The van der Waals surface area contributed by atoms with Crippen LogP contribution in [0.25, 0.3) is 0 Å². The van der Waals surface area contributed by atoms with Crippen LogP contribution in [0.15, 0.2) is 48.6 Å². The molecule has 2 aliphatic rings. The van der Waals surface area contributed by atoms with Gasteiger partial charge in [0, 0.05) is 53.6 Å². The van der Waals surface area contributed by atoms with E-state index < -0.39 is 60.2 Å². The molecule has 2 unspecified atom stereocenters. The summed E-state index contributed by atoms with van der Waals surface area (Å²) in [6.07, 6.45) is 44.7. The van der Waals surface area contributed by atoms with E-state index in [4.69, 9.17) is 42.6 Å². The smallest absolute Gasteiger partial charge is 0.303 e. The van der Waals surface area contributed by atoms with Gasteiger partial charge >= 0.3 is 17.9 Å². The van der Waals surface area contributed by atoms with Crippen LogP contribution >= 0.6 is 0 Å². The van der Waals surface area contributed by atoms with Crippen molar-refractivity contribution in [3.8, 4) is 0 Å². The van der Waals surface area contributed by atoms with Crippen molar-refractivity contribution in [3.63, 3.8) is 0 Å². The SMILES string of the molecule is CCCCC/C=C\C/C=C\CCCCCCCCC1(CCCCCCCC/C=C\C/C=C\CCCCC)OC[C@H](CN(C)CC(=O)NCCOCCOCCO[C@@H]2OC(COC(C)=O)[C@H](OC(C)=O)C(OC(C)=O)[C@@H]2NC(C)=O)O1. The van der Waals surface area contributed by atoms with Gasteiger partial charge in [-0.05, 0) is 84.1 Å². The highest BCUT2D eigenvalue weighted by Gasteiger charge is 2.51. The molecule has 0 saturated carbocycles. The van der Waals surface area contributed by atoms with Gasteiger partial charge in [-0.1, -0.05) is 140 Å². The fourth-order valence-corrected chi connectivity index (χ4v) is 9.81. The Labute approximate surface area is 482 Å². The highest BCUT2D eigenvalue weighted by molar-refractivity contribution is 5.78. The van der Waals surface area contributed by atoms with Gasteiger partial charge in [0.2, 0.25) is 11.8 Å². The first kappa shape index (κ1) is 72.1. The Morgan fingerprint density at radius 2 is 1.07 bits per heavy atom. The van der Waals surface area contributed by atoms with Crippen LogP contribution in [0.1, 0.15) is 208 Å². The predicted molar refractivity (Wildman–Crippen MR) is 314 cm³/mol. The normalized spacial score (nSPS) is 20.1. The number of allylic oxidation sites excluding steroid dienone is 8. The molecule has 2 amide bonds. The Kier molecular flexibility index (Phi) is 42.8. The summed E-state index contributed by atoms with van der Waals surface area (Å²) < 4.78 is 52.7. The Bertz CT molecular complexity index is 1710. The Balaban J connectivity index is 1.74. The fourth-order valence-electron chi connectivity index (χ4n) is 9.81. The molecule has 2 N–H and O–H groups in total. The number of hydrogen-bond donors (Lipinski definition) is 2. The monoisotopic (exact) mass is 1130 g/mol. The minimum absolute atomic E-state index is 0.00216. The average molecular weight is 1130 g/mol. The van der Waals surface area contributed by atoms with Crippen LogP contribution in [0, 0.1) is 0 Å². The third-order valence-corrected chi connectivity index (χ3v) is 13.9. The predicted octanol–water partition coefficient (Wildman–Crippen LogP) is 11.3. The van der Waals surface area contributed by atoms with Crippen molar-refractivity contribution in [2.75, 3.05) is 72.9 Å². The highest BCUT2D eigenvalue weighted by Crippen LogP contribution is 2.35. The van der Waals surface area contributed by atoms with Gasteiger partial charge in [0.15, 0.2) is 24.3 Å². The zero-order valence-corrected chi connectivity index (χ0v) is 50.7. The molecule has 2 saturated heterocycles. The summed E-state index contributed by atoms with van der Waals surface area (Å²) in [6.45, 7) is 11.6. The largest absolute Gasteiger partial charge is 0.463 e. The molecule has 0 radical (unpaired) electrons. The van der Waals surface area contributed by atoms with Crippen LogP contribution in [-0.2, 0) is 66.6 Å². The maximum Gasteiger partial charge on any atom is 0.303 e. The fraction of sp³-hybridized carbons (Fsp3) is 0.794. The second-order valence-electron chi connectivity index (χ2n) is 21.5. The highest BCUT2D eigenvalue weighted by atomic mass is 16.7. The summed E-state index contributed by atoms with van der Waals surface area (Å²) in [6, 6.07) is -1.07. The maximum atomic E-state index is 12.9. The van der Waals surface area contributed by atoms with Gasteiger partial charge in [0.25, 0.3) is 0 Å². The Morgan fingerprint density at radius 1 is 0.588 bits per heavy atom. The summed E-state index contributed by atoms with van der Waals surface area (Å²) in [5.74, 6) is -3.13. The third-order valence-electron chi connectivity index (χ3n) is 13.9. The first-order valence-corrected chi connectivity index (χ1v) is 30.8. The molecule has 17 heteroatoms. The summed E-state index contributed by atoms with van der Waals surface area (Å²) in [5, 5.41) is 5.60. The van der Waals surface area contributed by atoms with E-state index in [1.165, 1.54) is 143 Å². The standard InChI is InChI=1S/C63H109N3O14/c1-8-10-12-14-16-18-20-22-24-26-28-30-32-34-36-38-40-63(41-39-37-35-33-31-29-27-25-23-21-19-17-15-13-11-9-2)76-50-56(80-63)48-66(7)49-58(71)64-42-43-72-44-45-73-46-47-74-62-59(65-52(3)67)61(78-55(6)70)60(77-54(5)69)57(79-62)51-75-53(4)68/h16-19,22-25,56-57,59-62H,8-15,20-21,26-51H2,1-7H3,(H,64,71)(H,65,67)/b18-16-,19-17-,24-22-,25-23-/t56-,57?,59-,60-,61?,62+/m0/s1. The van der Waals surface area contributed by atoms with Gasteiger partial charge in [-0.15, -0.1) is 0 Å². The lowest BCUT2D eigenvalue weighted by molar-refractivity contribution is -0.279. The summed E-state index contributed by atoms with van der Waals surface area (Å²) >= 11 is 0. The van der Waals surface area contributed by atoms with Crippen molar-refractivity contribution in [1.29, 1.82) is 0 Å². The van der Waals surface area contributed by atoms with Crippen LogP contribution < -0.4 is 10.6 Å². The molecule has 0 aromatic heterocycles. The minimum atomic E-state index is -1.21. The zero-order chi connectivity index (χ0) is 58.3. The van der Waals surface area contributed by atoms with E-state index in [2.05, 4.69) is 73.1 Å². The molecule has 0 aliphatic carbocycles. The van der Waals surface area contributed by atoms with Gasteiger partial charge < -0.3 is 53.3 Å². The van der Waals surface area contributed by atoms with Crippen LogP contribution in [0.5, 0.6) is 0 Å². The van der Waals surface area contributed by atoms with E-state index in [0.29, 0.717) is 26.3 Å². The number of unbranched alkanes of at least 4 members (excludes halogenated alkanes) is 18.